The maximum absolute atomic E-state index is 9.94. The van der Waals surface area contributed by atoms with Crippen molar-refractivity contribution in [1.82, 2.24) is 5.32 Å². The third-order valence-corrected chi connectivity index (χ3v) is 3.44. The standard InChI is InChI=1S/C14H21NO3/c1-10(15-8-11-5-6-18-9-11)13-4-3-12(17-2)7-14(13)16/h3-4,7,10-11,15-16H,5-6,8-9H2,1-2H3. The molecule has 1 aliphatic heterocycles. The lowest BCUT2D eigenvalue weighted by Gasteiger charge is -2.18. The zero-order valence-electron chi connectivity index (χ0n) is 11.0. The molecule has 4 heteroatoms. The van der Waals surface area contributed by atoms with Crippen molar-refractivity contribution < 1.29 is 14.6 Å². The first-order chi connectivity index (χ1) is 8.70. The Morgan fingerprint density at radius 1 is 1.56 bits per heavy atom. The van der Waals surface area contributed by atoms with E-state index in [0.717, 1.165) is 31.7 Å². The summed E-state index contributed by atoms with van der Waals surface area (Å²) < 4.78 is 10.4. The third-order valence-electron chi connectivity index (χ3n) is 3.44. The van der Waals surface area contributed by atoms with E-state index in [4.69, 9.17) is 9.47 Å². The summed E-state index contributed by atoms with van der Waals surface area (Å²) in [5, 5.41) is 13.4. The van der Waals surface area contributed by atoms with Crippen LogP contribution in [0.1, 0.15) is 24.9 Å². The average Bonchev–Trinajstić information content (AvgIpc) is 2.88. The minimum atomic E-state index is 0.122. The Labute approximate surface area is 108 Å². The van der Waals surface area contributed by atoms with Crippen LogP contribution >= 0.6 is 0 Å². The van der Waals surface area contributed by atoms with Crippen molar-refractivity contribution in [3.8, 4) is 11.5 Å². The molecule has 1 saturated heterocycles. The van der Waals surface area contributed by atoms with E-state index in [-0.39, 0.29) is 11.8 Å². The molecule has 4 nitrogen and oxygen atoms in total. The van der Waals surface area contributed by atoms with Crippen molar-refractivity contribution in [2.24, 2.45) is 5.92 Å². The van der Waals surface area contributed by atoms with E-state index < -0.39 is 0 Å². The lowest BCUT2D eigenvalue weighted by molar-refractivity contribution is 0.184. The molecule has 1 heterocycles. The number of phenols is 1. The molecule has 0 bridgehead atoms. The molecule has 2 unspecified atom stereocenters. The summed E-state index contributed by atoms with van der Waals surface area (Å²) in [7, 11) is 1.59. The van der Waals surface area contributed by atoms with Crippen LogP contribution in [-0.4, -0.2) is 32.0 Å². The molecule has 1 fully saturated rings. The number of methoxy groups -OCH3 is 1. The first-order valence-electron chi connectivity index (χ1n) is 6.38. The van der Waals surface area contributed by atoms with Crippen molar-refractivity contribution >= 4 is 0 Å². The van der Waals surface area contributed by atoms with Crippen molar-refractivity contribution in [2.45, 2.75) is 19.4 Å². The monoisotopic (exact) mass is 251 g/mol. The van der Waals surface area contributed by atoms with Crippen LogP contribution in [0.15, 0.2) is 18.2 Å². The van der Waals surface area contributed by atoms with Gasteiger partial charge in [0.25, 0.3) is 0 Å². The third kappa shape index (κ3) is 3.15. The van der Waals surface area contributed by atoms with Crippen molar-refractivity contribution in [3.05, 3.63) is 23.8 Å². The van der Waals surface area contributed by atoms with Crippen molar-refractivity contribution in [3.63, 3.8) is 0 Å². The molecule has 0 spiro atoms. The SMILES string of the molecule is COc1ccc(C(C)NCC2CCOC2)c(O)c1. The van der Waals surface area contributed by atoms with Gasteiger partial charge in [0.2, 0.25) is 0 Å². The maximum atomic E-state index is 9.94. The second-order valence-electron chi connectivity index (χ2n) is 4.78. The zero-order chi connectivity index (χ0) is 13.0. The van der Waals surface area contributed by atoms with Gasteiger partial charge in [0.05, 0.1) is 13.7 Å². The van der Waals surface area contributed by atoms with Gasteiger partial charge in [-0.05, 0) is 25.3 Å². The highest BCUT2D eigenvalue weighted by atomic mass is 16.5. The Morgan fingerprint density at radius 3 is 3.00 bits per heavy atom. The molecule has 1 aliphatic rings. The van der Waals surface area contributed by atoms with Crippen LogP contribution in [0.3, 0.4) is 0 Å². The predicted molar refractivity (Wildman–Crippen MR) is 70.0 cm³/mol. The highest BCUT2D eigenvalue weighted by Gasteiger charge is 2.17. The van der Waals surface area contributed by atoms with E-state index >= 15 is 0 Å². The second kappa shape index (κ2) is 6.07. The van der Waals surface area contributed by atoms with Gasteiger partial charge in [-0.15, -0.1) is 0 Å². The van der Waals surface area contributed by atoms with E-state index in [0.29, 0.717) is 11.7 Å². The van der Waals surface area contributed by atoms with Gasteiger partial charge in [-0.3, -0.25) is 0 Å². The van der Waals surface area contributed by atoms with Gasteiger partial charge in [-0.1, -0.05) is 6.07 Å². The van der Waals surface area contributed by atoms with Gasteiger partial charge in [0.15, 0.2) is 0 Å². The number of nitrogens with one attached hydrogen (secondary N) is 1. The summed E-state index contributed by atoms with van der Waals surface area (Å²) in [4.78, 5) is 0. The highest BCUT2D eigenvalue weighted by Crippen LogP contribution is 2.28. The number of hydrogen-bond donors (Lipinski definition) is 2. The number of benzene rings is 1. The van der Waals surface area contributed by atoms with Gasteiger partial charge in [0, 0.05) is 30.8 Å². The molecular weight excluding hydrogens is 230 g/mol. The quantitative estimate of drug-likeness (QED) is 0.841. The molecule has 0 aliphatic carbocycles. The van der Waals surface area contributed by atoms with Crippen molar-refractivity contribution in [2.75, 3.05) is 26.9 Å². The zero-order valence-corrected chi connectivity index (χ0v) is 11.0. The first kappa shape index (κ1) is 13.2. The Morgan fingerprint density at radius 2 is 2.39 bits per heavy atom. The minimum Gasteiger partial charge on any atom is -0.507 e. The van der Waals surface area contributed by atoms with Gasteiger partial charge < -0.3 is 19.9 Å². The van der Waals surface area contributed by atoms with Crippen LogP contribution < -0.4 is 10.1 Å². The lowest BCUT2D eigenvalue weighted by atomic mass is 10.0. The van der Waals surface area contributed by atoms with Gasteiger partial charge in [0.1, 0.15) is 11.5 Å². The van der Waals surface area contributed by atoms with E-state index in [1.54, 1.807) is 13.2 Å². The van der Waals surface area contributed by atoms with Crippen LogP contribution in [0.4, 0.5) is 0 Å². The Balaban J connectivity index is 1.93. The largest absolute Gasteiger partial charge is 0.507 e. The van der Waals surface area contributed by atoms with Crippen molar-refractivity contribution in [1.29, 1.82) is 0 Å². The molecular formula is C14H21NO3. The number of ether oxygens (including phenoxy) is 2. The minimum absolute atomic E-state index is 0.122. The summed E-state index contributed by atoms with van der Waals surface area (Å²) in [5.74, 6) is 1.54. The fourth-order valence-electron chi connectivity index (χ4n) is 2.21. The van der Waals surface area contributed by atoms with E-state index in [9.17, 15) is 5.11 Å². The summed E-state index contributed by atoms with van der Waals surface area (Å²) in [6.07, 6.45) is 1.12. The van der Waals surface area contributed by atoms with Gasteiger partial charge >= 0.3 is 0 Å². The first-order valence-corrected chi connectivity index (χ1v) is 6.38. The van der Waals surface area contributed by atoms with Crippen LogP contribution in [0.5, 0.6) is 11.5 Å². The Bertz CT molecular complexity index is 389. The predicted octanol–water partition coefficient (Wildman–Crippen LogP) is 2.09. The maximum Gasteiger partial charge on any atom is 0.124 e. The Kier molecular flexibility index (Phi) is 4.44. The molecule has 18 heavy (non-hydrogen) atoms. The van der Waals surface area contributed by atoms with Gasteiger partial charge in [-0.25, -0.2) is 0 Å². The second-order valence-corrected chi connectivity index (χ2v) is 4.78. The van der Waals surface area contributed by atoms with E-state index in [2.05, 4.69) is 12.2 Å². The average molecular weight is 251 g/mol. The van der Waals surface area contributed by atoms with Gasteiger partial charge in [-0.2, -0.15) is 0 Å². The fourth-order valence-corrected chi connectivity index (χ4v) is 2.21. The normalized spacial score (nSPS) is 20.9. The summed E-state index contributed by atoms with van der Waals surface area (Å²) >= 11 is 0. The molecule has 0 saturated carbocycles. The lowest BCUT2D eigenvalue weighted by Crippen LogP contribution is -2.26. The molecule has 0 aromatic heterocycles. The molecule has 100 valence electrons. The van der Waals surface area contributed by atoms with Crippen LogP contribution in [-0.2, 0) is 4.74 Å². The topological polar surface area (TPSA) is 50.7 Å². The van der Waals surface area contributed by atoms with E-state index in [1.807, 2.05) is 12.1 Å². The number of aromatic hydroxyl groups is 1. The fraction of sp³-hybridized carbons (Fsp3) is 0.571. The molecule has 2 atom stereocenters. The smallest absolute Gasteiger partial charge is 0.124 e. The van der Waals surface area contributed by atoms with Crippen LogP contribution in [0, 0.1) is 5.92 Å². The summed E-state index contributed by atoms with van der Waals surface area (Å²) in [6, 6.07) is 5.53. The van der Waals surface area contributed by atoms with Crippen LogP contribution in [0.25, 0.3) is 0 Å². The van der Waals surface area contributed by atoms with Crippen LogP contribution in [0.2, 0.25) is 0 Å². The molecule has 1 aromatic carbocycles. The molecule has 2 rings (SSSR count). The number of phenolic OH excluding ortho intramolecular Hbond substituents is 1. The summed E-state index contributed by atoms with van der Waals surface area (Å²) in [5.41, 5.74) is 0.898. The summed E-state index contributed by atoms with van der Waals surface area (Å²) in [6.45, 7) is 4.69. The molecule has 0 amide bonds. The number of rotatable bonds is 5. The molecule has 1 aromatic rings. The Hall–Kier alpha value is -1.26. The molecule has 0 radical (unpaired) electrons. The molecule has 2 N–H and O–H groups in total. The number of hydrogen-bond acceptors (Lipinski definition) is 4. The highest BCUT2D eigenvalue weighted by molar-refractivity contribution is 5.41. The van der Waals surface area contributed by atoms with E-state index in [1.165, 1.54) is 0 Å².